The molecule has 0 fully saturated rings. The lowest BCUT2D eigenvalue weighted by Gasteiger charge is -2.14. The van der Waals surface area contributed by atoms with Gasteiger partial charge in [0.2, 0.25) is 0 Å². The molecule has 0 aliphatic rings. The van der Waals surface area contributed by atoms with E-state index in [-0.39, 0.29) is 0 Å². The van der Waals surface area contributed by atoms with Crippen LogP contribution < -0.4 is 10.1 Å². The topological polar surface area (TPSA) is 34.1 Å². The summed E-state index contributed by atoms with van der Waals surface area (Å²) < 4.78 is 6.96. The van der Waals surface area contributed by atoms with Crippen molar-refractivity contribution in [2.24, 2.45) is 0 Å². The number of rotatable bonds is 6. The van der Waals surface area contributed by atoms with Gasteiger partial charge in [-0.1, -0.05) is 19.1 Å². The molecular formula is C17H21BrN2O. The first-order valence-electron chi connectivity index (χ1n) is 7.13. The smallest absolute Gasteiger partial charge is 0.125 e. The normalized spacial score (nSPS) is 10.7. The van der Waals surface area contributed by atoms with Crippen LogP contribution in [-0.2, 0) is 13.2 Å². The highest BCUT2D eigenvalue weighted by Crippen LogP contribution is 2.26. The van der Waals surface area contributed by atoms with Crippen LogP contribution in [-0.4, -0.2) is 11.5 Å². The van der Waals surface area contributed by atoms with Gasteiger partial charge in [0.25, 0.3) is 0 Å². The van der Waals surface area contributed by atoms with Crippen molar-refractivity contribution in [3.8, 4) is 5.75 Å². The van der Waals surface area contributed by atoms with Crippen LogP contribution in [0.1, 0.15) is 29.2 Å². The minimum atomic E-state index is 0.528. The Balaban J connectivity index is 2.09. The first-order chi connectivity index (χ1) is 10.1. The fourth-order valence-corrected chi connectivity index (χ4v) is 2.74. The monoisotopic (exact) mass is 348 g/mol. The van der Waals surface area contributed by atoms with Crippen molar-refractivity contribution < 1.29 is 4.74 Å². The van der Waals surface area contributed by atoms with Gasteiger partial charge in [-0.15, -0.1) is 0 Å². The Hall–Kier alpha value is -1.39. The van der Waals surface area contributed by atoms with Crippen molar-refractivity contribution in [3.05, 3.63) is 57.3 Å². The minimum absolute atomic E-state index is 0.528. The van der Waals surface area contributed by atoms with Gasteiger partial charge in [0.15, 0.2) is 0 Å². The Bertz CT molecular complexity index is 590. The molecule has 2 rings (SSSR count). The zero-order chi connectivity index (χ0) is 15.2. The number of hydrogen-bond acceptors (Lipinski definition) is 3. The molecule has 0 aliphatic carbocycles. The third-order valence-electron chi connectivity index (χ3n) is 3.24. The molecule has 3 nitrogen and oxygen atoms in total. The molecule has 112 valence electrons. The van der Waals surface area contributed by atoms with Crippen molar-refractivity contribution in [3.63, 3.8) is 0 Å². The molecule has 0 radical (unpaired) electrons. The van der Waals surface area contributed by atoms with E-state index >= 15 is 0 Å². The highest BCUT2D eigenvalue weighted by molar-refractivity contribution is 9.10. The number of aromatic nitrogens is 1. The van der Waals surface area contributed by atoms with E-state index in [0.717, 1.165) is 28.9 Å². The molecule has 0 saturated carbocycles. The summed E-state index contributed by atoms with van der Waals surface area (Å²) in [6, 6.07) is 6.39. The van der Waals surface area contributed by atoms with Crippen molar-refractivity contribution in [1.82, 2.24) is 10.3 Å². The van der Waals surface area contributed by atoms with Crippen molar-refractivity contribution in [2.45, 2.75) is 33.9 Å². The Labute approximate surface area is 134 Å². The molecule has 0 unspecified atom stereocenters. The van der Waals surface area contributed by atoms with E-state index in [0.29, 0.717) is 6.61 Å². The maximum absolute atomic E-state index is 5.99. The second-order valence-corrected chi connectivity index (χ2v) is 6.05. The molecule has 0 bridgehead atoms. The quantitative estimate of drug-likeness (QED) is 0.851. The maximum Gasteiger partial charge on any atom is 0.125 e. The second kappa shape index (κ2) is 7.57. The molecule has 0 amide bonds. The van der Waals surface area contributed by atoms with Crippen LogP contribution in [0.4, 0.5) is 0 Å². The molecular weight excluding hydrogens is 328 g/mol. The fraction of sp³-hybridized carbons (Fsp3) is 0.353. The molecule has 1 heterocycles. The standard InChI is InChI=1S/C17H21BrN2O/c1-4-19-8-14-5-12(2)17(13(3)6-14)21-11-15-7-16(18)10-20-9-15/h5-7,9-10,19H,4,8,11H2,1-3H3. The van der Waals surface area contributed by atoms with E-state index in [1.54, 1.807) is 6.20 Å². The van der Waals surface area contributed by atoms with Gasteiger partial charge in [-0.05, 0) is 59.1 Å². The number of nitrogens with zero attached hydrogens (tertiary/aromatic N) is 1. The Kier molecular flexibility index (Phi) is 5.76. The average Bonchev–Trinajstić information content (AvgIpc) is 2.44. The number of ether oxygens (including phenoxy) is 1. The van der Waals surface area contributed by atoms with Crippen LogP contribution in [0.3, 0.4) is 0 Å². The van der Waals surface area contributed by atoms with Crippen molar-refractivity contribution >= 4 is 15.9 Å². The lowest BCUT2D eigenvalue weighted by atomic mass is 10.1. The minimum Gasteiger partial charge on any atom is -0.488 e. The van der Waals surface area contributed by atoms with Crippen LogP contribution in [0.25, 0.3) is 0 Å². The highest BCUT2D eigenvalue weighted by Gasteiger charge is 2.07. The first kappa shape index (κ1) is 16.0. The maximum atomic E-state index is 5.99. The van der Waals surface area contributed by atoms with E-state index in [1.165, 1.54) is 16.7 Å². The number of benzene rings is 1. The first-order valence-corrected chi connectivity index (χ1v) is 7.92. The molecule has 0 atom stereocenters. The lowest BCUT2D eigenvalue weighted by Crippen LogP contribution is -2.12. The SMILES string of the molecule is CCNCc1cc(C)c(OCc2cncc(Br)c2)c(C)c1. The summed E-state index contributed by atoms with van der Waals surface area (Å²) in [6.45, 7) is 8.71. The number of hydrogen-bond donors (Lipinski definition) is 1. The predicted molar refractivity (Wildman–Crippen MR) is 89.6 cm³/mol. The summed E-state index contributed by atoms with van der Waals surface area (Å²) in [5.74, 6) is 0.968. The molecule has 0 aliphatic heterocycles. The Morgan fingerprint density at radius 3 is 2.43 bits per heavy atom. The Morgan fingerprint density at radius 1 is 1.10 bits per heavy atom. The van der Waals surface area contributed by atoms with E-state index in [4.69, 9.17) is 4.74 Å². The molecule has 4 heteroatoms. The van der Waals surface area contributed by atoms with Gasteiger partial charge in [0, 0.05) is 29.0 Å². The third kappa shape index (κ3) is 4.55. The van der Waals surface area contributed by atoms with Gasteiger partial charge in [-0.3, -0.25) is 4.98 Å². The van der Waals surface area contributed by atoms with Crippen LogP contribution in [0.2, 0.25) is 0 Å². The zero-order valence-electron chi connectivity index (χ0n) is 12.7. The molecule has 1 aromatic carbocycles. The van der Waals surface area contributed by atoms with Gasteiger partial charge >= 0.3 is 0 Å². The lowest BCUT2D eigenvalue weighted by molar-refractivity contribution is 0.301. The van der Waals surface area contributed by atoms with Crippen molar-refractivity contribution in [1.29, 1.82) is 0 Å². The highest BCUT2D eigenvalue weighted by atomic mass is 79.9. The van der Waals surface area contributed by atoms with Gasteiger partial charge in [0.05, 0.1) is 0 Å². The van der Waals surface area contributed by atoms with Gasteiger partial charge in [-0.25, -0.2) is 0 Å². The Morgan fingerprint density at radius 2 is 1.81 bits per heavy atom. The van der Waals surface area contributed by atoms with Crippen LogP contribution in [0, 0.1) is 13.8 Å². The summed E-state index contributed by atoms with van der Waals surface area (Å²) >= 11 is 3.43. The summed E-state index contributed by atoms with van der Waals surface area (Å²) in [6.07, 6.45) is 3.60. The molecule has 1 N–H and O–H groups in total. The van der Waals surface area contributed by atoms with Gasteiger partial charge < -0.3 is 10.1 Å². The summed E-state index contributed by atoms with van der Waals surface area (Å²) in [7, 11) is 0. The summed E-state index contributed by atoms with van der Waals surface area (Å²) in [5, 5.41) is 3.35. The van der Waals surface area contributed by atoms with Gasteiger partial charge in [-0.2, -0.15) is 0 Å². The fourth-order valence-electron chi connectivity index (χ4n) is 2.33. The molecule has 21 heavy (non-hydrogen) atoms. The number of halogens is 1. The van der Waals surface area contributed by atoms with Gasteiger partial charge in [0.1, 0.15) is 12.4 Å². The third-order valence-corrected chi connectivity index (χ3v) is 3.68. The van der Waals surface area contributed by atoms with E-state index < -0.39 is 0 Å². The molecule has 0 spiro atoms. The largest absolute Gasteiger partial charge is 0.488 e. The second-order valence-electron chi connectivity index (χ2n) is 5.14. The number of aryl methyl sites for hydroxylation is 2. The predicted octanol–water partition coefficient (Wildman–Crippen LogP) is 4.15. The average molecular weight is 349 g/mol. The van der Waals surface area contributed by atoms with E-state index in [2.05, 4.69) is 59.1 Å². The van der Waals surface area contributed by atoms with Crippen LogP contribution >= 0.6 is 15.9 Å². The molecule has 1 aromatic heterocycles. The zero-order valence-corrected chi connectivity index (χ0v) is 14.3. The van der Waals surface area contributed by atoms with Crippen LogP contribution in [0.5, 0.6) is 5.75 Å². The summed E-state index contributed by atoms with van der Waals surface area (Å²) in [5.41, 5.74) is 4.69. The van der Waals surface area contributed by atoms with E-state index in [9.17, 15) is 0 Å². The molecule has 0 saturated heterocycles. The number of pyridine rings is 1. The van der Waals surface area contributed by atoms with Crippen molar-refractivity contribution in [2.75, 3.05) is 6.54 Å². The molecule has 2 aromatic rings. The van der Waals surface area contributed by atoms with E-state index in [1.807, 2.05) is 12.3 Å². The summed E-state index contributed by atoms with van der Waals surface area (Å²) in [4.78, 5) is 4.15. The number of nitrogens with one attached hydrogen (secondary N) is 1. The van der Waals surface area contributed by atoms with Crippen LogP contribution in [0.15, 0.2) is 35.1 Å².